The first kappa shape index (κ1) is 15.6. The molecule has 116 valence electrons. The lowest BCUT2D eigenvalue weighted by molar-refractivity contribution is -0.160. The van der Waals surface area contributed by atoms with Crippen LogP contribution in [0.1, 0.15) is 54.6 Å². The largest absolute Gasteiger partial charge is 0.461 e. The van der Waals surface area contributed by atoms with Crippen LogP contribution in [0.15, 0.2) is 6.07 Å². The zero-order chi connectivity index (χ0) is 15.8. The molecule has 2 rings (SSSR count). The first-order chi connectivity index (χ1) is 9.66. The number of alkyl halides is 2. The number of carbonyl (C=O) groups excluding carboxylic acids is 2. The molecule has 5 nitrogen and oxygen atoms in total. The lowest BCUT2D eigenvalue weighted by atomic mass is 9.67. The van der Waals surface area contributed by atoms with Gasteiger partial charge in [0.05, 0.1) is 6.61 Å². The summed E-state index contributed by atoms with van der Waals surface area (Å²) in [5.41, 5.74) is -0.378. The van der Waals surface area contributed by atoms with Gasteiger partial charge in [-0.3, -0.25) is 9.48 Å². The van der Waals surface area contributed by atoms with E-state index >= 15 is 0 Å². The number of ketones is 1. The number of carbonyl (C=O) groups is 2. The maximum Gasteiger partial charge on any atom is 0.356 e. The van der Waals surface area contributed by atoms with E-state index in [2.05, 4.69) is 5.10 Å². The van der Waals surface area contributed by atoms with Crippen LogP contribution in [0.2, 0.25) is 0 Å². The second-order valence-corrected chi connectivity index (χ2v) is 5.87. The Kier molecular flexibility index (Phi) is 3.86. The molecular formula is C14H18F2N2O3. The van der Waals surface area contributed by atoms with Crippen molar-refractivity contribution in [1.82, 2.24) is 9.78 Å². The Hall–Kier alpha value is -1.79. The number of halogens is 2. The number of hydrogen-bond donors (Lipinski definition) is 0. The Bertz CT molecular complexity index is 573. The predicted molar refractivity (Wildman–Crippen MR) is 70.5 cm³/mol. The molecule has 0 saturated heterocycles. The Balaban J connectivity index is 2.25. The van der Waals surface area contributed by atoms with Gasteiger partial charge in [-0.25, -0.2) is 13.6 Å². The van der Waals surface area contributed by atoms with E-state index < -0.39 is 17.3 Å². The van der Waals surface area contributed by atoms with E-state index in [1.807, 2.05) is 0 Å². The first-order valence-corrected chi connectivity index (χ1v) is 6.79. The van der Waals surface area contributed by atoms with Gasteiger partial charge in [-0.2, -0.15) is 5.10 Å². The molecule has 1 aliphatic rings. The molecule has 0 aromatic carbocycles. The normalized spacial score (nSPS) is 18.9. The standard InChI is InChI=1S/C14H18F2N2O3/c1-4-21-12(20)11-5-10(9(2)19)17-18(11)8-13(3)6-14(15,16)7-13/h5H,4,6-8H2,1-3H3. The van der Waals surface area contributed by atoms with Crippen LogP contribution in [0.25, 0.3) is 0 Å². The van der Waals surface area contributed by atoms with Gasteiger partial charge in [0.1, 0.15) is 11.4 Å². The molecule has 0 amide bonds. The van der Waals surface area contributed by atoms with Crippen LogP contribution in [-0.4, -0.2) is 34.1 Å². The lowest BCUT2D eigenvalue weighted by Gasteiger charge is -2.44. The highest BCUT2D eigenvalue weighted by atomic mass is 19.3. The third-order valence-electron chi connectivity index (χ3n) is 3.53. The second-order valence-electron chi connectivity index (χ2n) is 5.87. The summed E-state index contributed by atoms with van der Waals surface area (Å²) in [5, 5.41) is 4.05. The summed E-state index contributed by atoms with van der Waals surface area (Å²) in [6, 6.07) is 1.35. The molecule has 0 aliphatic heterocycles. The SMILES string of the molecule is CCOC(=O)c1cc(C(C)=O)nn1CC1(C)CC(F)(F)C1. The van der Waals surface area contributed by atoms with Crippen molar-refractivity contribution < 1.29 is 23.1 Å². The minimum Gasteiger partial charge on any atom is -0.461 e. The molecule has 0 unspecified atom stereocenters. The van der Waals surface area contributed by atoms with Crippen molar-refractivity contribution in [2.75, 3.05) is 6.61 Å². The van der Waals surface area contributed by atoms with Crippen LogP contribution in [0.3, 0.4) is 0 Å². The van der Waals surface area contributed by atoms with Gasteiger partial charge in [-0.05, 0) is 12.3 Å². The number of rotatable bonds is 5. The van der Waals surface area contributed by atoms with Crippen LogP contribution in [0.4, 0.5) is 8.78 Å². The van der Waals surface area contributed by atoms with Crippen molar-refractivity contribution in [3.63, 3.8) is 0 Å². The highest BCUT2D eigenvalue weighted by Crippen LogP contribution is 2.52. The molecule has 7 heteroatoms. The van der Waals surface area contributed by atoms with Crippen LogP contribution in [0.5, 0.6) is 0 Å². The summed E-state index contributed by atoms with van der Waals surface area (Å²) < 4.78 is 32.4. The Morgan fingerprint density at radius 1 is 1.43 bits per heavy atom. The van der Waals surface area contributed by atoms with Crippen LogP contribution in [0, 0.1) is 5.41 Å². The van der Waals surface area contributed by atoms with Gasteiger partial charge in [0.15, 0.2) is 5.78 Å². The quantitative estimate of drug-likeness (QED) is 0.619. The molecule has 0 bridgehead atoms. The average Bonchev–Trinajstić information content (AvgIpc) is 2.70. The molecule has 1 fully saturated rings. The van der Waals surface area contributed by atoms with E-state index in [4.69, 9.17) is 4.74 Å². The van der Waals surface area contributed by atoms with Gasteiger partial charge in [-0.1, -0.05) is 6.92 Å². The van der Waals surface area contributed by atoms with Crippen molar-refractivity contribution in [2.24, 2.45) is 5.41 Å². The molecule has 0 atom stereocenters. The summed E-state index contributed by atoms with van der Waals surface area (Å²) in [5.74, 6) is -3.55. The first-order valence-electron chi connectivity index (χ1n) is 6.79. The van der Waals surface area contributed by atoms with Gasteiger partial charge in [0, 0.05) is 32.4 Å². The molecule has 0 radical (unpaired) electrons. The summed E-state index contributed by atoms with van der Waals surface area (Å²) in [6.07, 6.45) is -0.505. The van der Waals surface area contributed by atoms with Gasteiger partial charge < -0.3 is 4.74 Å². The highest BCUT2D eigenvalue weighted by Gasteiger charge is 2.54. The maximum atomic E-state index is 13.1. The monoisotopic (exact) mass is 300 g/mol. The van der Waals surface area contributed by atoms with E-state index in [1.54, 1.807) is 13.8 Å². The third kappa shape index (κ3) is 3.28. The fraction of sp³-hybridized carbons (Fsp3) is 0.643. The predicted octanol–water partition coefficient (Wildman–Crippen LogP) is 2.70. The van der Waals surface area contributed by atoms with Crippen LogP contribution < -0.4 is 0 Å². The minimum absolute atomic E-state index is 0.124. The van der Waals surface area contributed by atoms with E-state index in [9.17, 15) is 18.4 Å². The maximum absolute atomic E-state index is 13.1. The van der Waals surface area contributed by atoms with Crippen molar-refractivity contribution in [3.05, 3.63) is 17.5 Å². The number of nitrogens with zero attached hydrogens (tertiary/aromatic N) is 2. The van der Waals surface area contributed by atoms with Crippen LogP contribution in [-0.2, 0) is 11.3 Å². The topological polar surface area (TPSA) is 61.2 Å². The van der Waals surface area contributed by atoms with Crippen LogP contribution >= 0.6 is 0 Å². The van der Waals surface area contributed by atoms with Crippen molar-refractivity contribution >= 4 is 11.8 Å². The molecule has 0 N–H and O–H groups in total. The summed E-state index contributed by atoms with van der Waals surface area (Å²) in [6.45, 7) is 5.06. The van der Waals surface area contributed by atoms with Gasteiger partial charge in [-0.15, -0.1) is 0 Å². The molecule has 1 aromatic heterocycles. The molecule has 1 aliphatic carbocycles. The average molecular weight is 300 g/mol. The van der Waals surface area contributed by atoms with E-state index in [-0.39, 0.29) is 43.2 Å². The zero-order valence-electron chi connectivity index (χ0n) is 12.3. The molecular weight excluding hydrogens is 282 g/mol. The summed E-state index contributed by atoms with van der Waals surface area (Å²) in [7, 11) is 0. The third-order valence-corrected chi connectivity index (χ3v) is 3.53. The number of Topliss-reactive ketones (excluding diaryl/α,β-unsaturated/α-hetero) is 1. The summed E-state index contributed by atoms with van der Waals surface area (Å²) in [4.78, 5) is 23.3. The Labute approximate surface area is 121 Å². The molecule has 0 spiro atoms. The lowest BCUT2D eigenvalue weighted by Crippen LogP contribution is -2.47. The van der Waals surface area contributed by atoms with Gasteiger partial charge in [0.2, 0.25) is 5.92 Å². The van der Waals surface area contributed by atoms with Gasteiger partial charge in [0.25, 0.3) is 0 Å². The Morgan fingerprint density at radius 2 is 2.05 bits per heavy atom. The number of esters is 1. The van der Waals surface area contributed by atoms with Crippen molar-refractivity contribution in [1.29, 1.82) is 0 Å². The molecule has 1 aromatic rings. The van der Waals surface area contributed by atoms with E-state index in [1.165, 1.54) is 17.7 Å². The highest BCUT2D eigenvalue weighted by molar-refractivity contribution is 5.95. The van der Waals surface area contributed by atoms with E-state index in [0.717, 1.165) is 0 Å². The smallest absolute Gasteiger partial charge is 0.356 e. The fourth-order valence-electron chi connectivity index (χ4n) is 2.75. The summed E-state index contributed by atoms with van der Waals surface area (Å²) >= 11 is 0. The minimum atomic E-state index is -2.66. The molecule has 1 heterocycles. The fourth-order valence-corrected chi connectivity index (χ4v) is 2.75. The second kappa shape index (κ2) is 5.20. The van der Waals surface area contributed by atoms with Crippen molar-refractivity contribution in [2.45, 2.75) is 46.1 Å². The van der Waals surface area contributed by atoms with Crippen molar-refractivity contribution in [3.8, 4) is 0 Å². The van der Waals surface area contributed by atoms with Gasteiger partial charge >= 0.3 is 5.97 Å². The number of hydrogen-bond acceptors (Lipinski definition) is 4. The molecule has 21 heavy (non-hydrogen) atoms. The number of aromatic nitrogens is 2. The zero-order valence-corrected chi connectivity index (χ0v) is 12.3. The number of ether oxygens (including phenoxy) is 1. The Morgan fingerprint density at radius 3 is 2.52 bits per heavy atom. The molecule has 1 saturated carbocycles. The van der Waals surface area contributed by atoms with E-state index in [0.29, 0.717) is 0 Å².